The minimum atomic E-state index is -0.606. The van der Waals surface area contributed by atoms with Crippen molar-refractivity contribution in [2.45, 2.75) is 20.3 Å². The van der Waals surface area contributed by atoms with E-state index in [1.807, 2.05) is 0 Å². The molecule has 1 heteroatoms. The van der Waals surface area contributed by atoms with E-state index in [4.69, 9.17) is 0 Å². The molecule has 2 rings (SSSR count). The summed E-state index contributed by atoms with van der Waals surface area (Å²) in [5.41, 5.74) is 3.27. The van der Waals surface area contributed by atoms with Crippen LogP contribution in [0.1, 0.15) is 11.1 Å². The van der Waals surface area contributed by atoms with Crippen molar-refractivity contribution in [1.82, 2.24) is 0 Å². The third kappa shape index (κ3) is 1.60. The van der Waals surface area contributed by atoms with E-state index in [-0.39, 0.29) is 0 Å². The molecule has 0 nitrogen and oxygen atoms in total. The fourth-order valence-corrected chi connectivity index (χ4v) is 5.92. The summed E-state index contributed by atoms with van der Waals surface area (Å²) in [6.07, 6.45) is 1.36. The van der Waals surface area contributed by atoms with E-state index in [0.717, 1.165) is 0 Å². The fourth-order valence-electron chi connectivity index (χ4n) is 1.56. The summed E-state index contributed by atoms with van der Waals surface area (Å²) in [5, 5.41) is 0. The van der Waals surface area contributed by atoms with E-state index in [2.05, 4.69) is 29.2 Å². The van der Waals surface area contributed by atoms with Gasteiger partial charge in [0, 0.05) is 0 Å². The van der Waals surface area contributed by atoms with Crippen LogP contribution in [-0.2, 0) is 10.9 Å². The Morgan fingerprint density at radius 1 is 1.18 bits per heavy atom. The molecule has 0 atom stereocenters. The van der Waals surface area contributed by atoms with Crippen LogP contribution < -0.4 is 0 Å². The molecule has 0 N–H and O–H groups in total. The molecule has 1 aromatic rings. The molecule has 58 valence electrons. The summed E-state index contributed by atoms with van der Waals surface area (Å²) in [4.78, 5) is 2.51. The first-order valence-corrected chi connectivity index (χ1v) is 9.65. The molecule has 0 aromatic heterocycles. The number of hydrogen-bond acceptors (Lipinski definition) is 0. The average Bonchev–Trinajstić information content (AvgIpc) is 2.04. The second kappa shape index (κ2) is 3.17. The van der Waals surface area contributed by atoms with Gasteiger partial charge in [-0.05, 0) is 0 Å². The molecular weight excluding hydrogens is 248 g/mol. The van der Waals surface area contributed by atoms with E-state index in [1.54, 1.807) is 15.6 Å². The number of hydrogen-bond donors (Lipinski definition) is 0. The second-order valence-electron chi connectivity index (χ2n) is 3.15. The Morgan fingerprint density at radius 2 is 1.91 bits per heavy atom. The molecule has 11 heavy (non-hydrogen) atoms. The van der Waals surface area contributed by atoms with Crippen LogP contribution in [0.25, 0.3) is 0 Å². The van der Waals surface area contributed by atoms with Crippen LogP contribution in [0.4, 0.5) is 0 Å². The molecule has 0 saturated heterocycles. The van der Waals surface area contributed by atoms with Gasteiger partial charge in [-0.1, -0.05) is 0 Å². The van der Waals surface area contributed by atoms with E-state index in [9.17, 15) is 0 Å². The van der Waals surface area contributed by atoms with Crippen molar-refractivity contribution in [2.24, 2.45) is 0 Å². The number of aryl methyl sites for hydroxylation is 1. The standard InChI is InChI=1S/C10H13Te/c1-11-7-6-9-4-2-3-5-10(9)8-11/h2-5H,6-8H2,1H3/q+1. The van der Waals surface area contributed by atoms with Crippen molar-refractivity contribution in [2.75, 3.05) is 0 Å². The van der Waals surface area contributed by atoms with Gasteiger partial charge in [0.15, 0.2) is 0 Å². The van der Waals surface area contributed by atoms with Gasteiger partial charge in [0.1, 0.15) is 0 Å². The van der Waals surface area contributed by atoms with E-state index < -0.39 is 19.6 Å². The molecule has 1 aliphatic heterocycles. The third-order valence-corrected chi connectivity index (χ3v) is 7.11. The average molecular weight is 261 g/mol. The van der Waals surface area contributed by atoms with Crippen molar-refractivity contribution in [3.63, 3.8) is 0 Å². The Bertz CT molecular complexity index is 255. The van der Waals surface area contributed by atoms with Crippen molar-refractivity contribution in [1.29, 1.82) is 0 Å². The SMILES string of the molecule is C[Te+]1CCc2ccccc2C1. The monoisotopic (exact) mass is 263 g/mol. The van der Waals surface area contributed by atoms with Gasteiger partial charge < -0.3 is 0 Å². The molecule has 1 aliphatic rings. The maximum absolute atomic E-state index is 2.51. The molecule has 0 unspecified atom stereocenters. The Labute approximate surface area is 75.3 Å². The molecule has 0 amide bonds. The van der Waals surface area contributed by atoms with E-state index >= 15 is 0 Å². The van der Waals surface area contributed by atoms with Gasteiger partial charge in [-0.2, -0.15) is 0 Å². The van der Waals surface area contributed by atoms with Crippen LogP contribution >= 0.6 is 0 Å². The predicted molar refractivity (Wildman–Crippen MR) is 50.3 cm³/mol. The summed E-state index contributed by atoms with van der Waals surface area (Å²) in [6.45, 7) is 0. The predicted octanol–water partition coefficient (Wildman–Crippen LogP) is 2.45. The van der Waals surface area contributed by atoms with Crippen LogP contribution in [0.2, 0.25) is 9.44 Å². The zero-order valence-electron chi connectivity index (χ0n) is 6.84. The van der Waals surface area contributed by atoms with E-state index in [0.29, 0.717) is 0 Å². The van der Waals surface area contributed by atoms with Crippen molar-refractivity contribution >= 4 is 19.6 Å². The Balaban J connectivity index is 2.34. The molecule has 0 radical (unpaired) electrons. The molecule has 0 bridgehead atoms. The summed E-state index contributed by atoms with van der Waals surface area (Å²) >= 11 is -0.606. The minimum absolute atomic E-state index is 0.606. The molecule has 0 aliphatic carbocycles. The normalized spacial score (nSPS) is 17.9. The van der Waals surface area contributed by atoms with Gasteiger partial charge in [-0.25, -0.2) is 0 Å². The van der Waals surface area contributed by atoms with Crippen LogP contribution in [0.15, 0.2) is 24.3 Å². The van der Waals surface area contributed by atoms with Crippen molar-refractivity contribution < 1.29 is 0 Å². The first-order chi connectivity index (χ1) is 5.36. The first-order valence-electron chi connectivity index (χ1n) is 4.02. The van der Waals surface area contributed by atoms with E-state index in [1.165, 1.54) is 10.9 Å². The summed E-state index contributed by atoms with van der Waals surface area (Å²) in [5.74, 6) is 0. The number of fused-ring (bicyclic) bond motifs is 1. The molecule has 0 fully saturated rings. The molecule has 0 spiro atoms. The van der Waals surface area contributed by atoms with Gasteiger partial charge in [0.25, 0.3) is 0 Å². The number of benzene rings is 1. The van der Waals surface area contributed by atoms with Gasteiger partial charge in [0.2, 0.25) is 0 Å². The fraction of sp³-hybridized carbons (Fsp3) is 0.400. The Kier molecular flexibility index (Phi) is 2.20. The maximum atomic E-state index is 2.51. The Hall–Kier alpha value is 0.00961. The third-order valence-electron chi connectivity index (χ3n) is 2.24. The van der Waals surface area contributed by atoms with Crippen LogP contribution in [0.3, 0.4) is 0 Å². The molecule has 0 saturated carbocycles. The molecule has 1 heterocycles. The zero-order chi connectivity index (χ0) is 7.68. The molecule has 1 aromatic carbocycles. The van der Waals surface area contributed by atoms with Crippen LogP contribution in [0.5, 0.6) is 0 Å². The first kappa shape index (κ1) is 7.65. The zero-order valence-corrected chi connectivity index (χ0v) is 9.17. The van der Waals surface area contributed by atoms with Gasteiger partial charge in [-0.15, -0.1) is 0 Å². The van der Waals surface area contributed by atoms with Gasteiger partial charge in [-0.3, -0.25) is 0 Å². The van der Waals surface area contributed by atoms with Crippen molar-refractivity contribution in [3.8, 4) is 0 Å². The Morgan fingerprint density at radius 3 is 2.73 bits per heavy atom. The topological polar surface area (TPSA) is 0 Å². The summed E-state index contributed by atoms with van der Waals surface area (Å²) in [7, 11) is 0. The van der Waals surface area contributed by atoms with Crippen molar-refractivity contribution in [3.05, 3.63) is 35.4 Å². The van der Waals surface area contributed by atoms with Crippen LogP contribution in [-0.4, -0.2) is 19.6 Å². The summed E-state index contributed by atoms with van der Waals surface area (Å²) < 4.78 is 3.00. The quantitative estimate of drug-likeness (QED) is 0.629. The van der Waals surface area contributed by atoms with Crippen LogP contribution in [0, 0.1) is 0 Å². The second-order valence-corrected chi connectivity index (χ2v) is 9.60. The van der Waals surface area contributed by atoms with Gasteiger partial charge >= 0.3 is 75.3 Å². The summed E-state index contributed by atoms with van der Waals surface area (Å²) in [6, 6.07) is 8.95. The number of rotatable bonds is 0. The molecular formula is C10H13Te+. The van der Waals surface area contributed by atoms with Gasteiger partial charge in [0.05, 0.1) is 0 Å².